The van der Waals surface area contributed by atoms with E-state index in [0.29, 0.717) is 4.90 Å². The maximum Gasteiger partial charge on any atom is 0.466 e. The van der Waals surface area contributed by atoms with Crippen LogP contribution in [-0.2, 0) is 0 Å². The first kappa shape index (κ1) is 11.8. The van der Waals surface area contributed by atoms with Crippen molar-refractivity contribution in [1.29, 1.82) is 0 Å². The molecule has 1 saturated heterocycles. The molecule has 1 aliphatic heterocycles. The first-order chi connectivity index (χ1) is 6.35. The predicted molar refractivity (Wildman–Crippen MR) is 44.2 cm³/mol. The van der Waals surface area contributed by atoms with Crippen molar-refractivity contribution in [3.8, 4) is 0 Å². The van der Waals surface area contributed by atoms with E-state index in [1.807, 2.05) is 0 Å². The summed E-state index contributed by atoms with van der Waals surface area (Å²) in [6, 6.07) is -3.67. The third-order valence-electron chi connectivity index (χ3n) is 2.20. The van der Waals surface area contributed by atoms with Gasteiger partial charge in [0.05, 0.1) is 0 Å². The quantitative estimate of drug-likeness (QED) is 0.461. The minimum Gasteiger partial charge on any atom is -0.426 e. The molecule has 1 unspecified atom stereocenters. The van der Waals surface area contributed by atoms with Gasteiger partial charge in [-0.1, -0.05) is 0 Å². The van der Waals surface area contributed by atoms with Gasteiger partial charge in [0.15, 0.2) is 0 Å². The standard InChI is InChI=1S/C6H12BF3N2O2/c1-11-2-3-12(4-7(13)14)6(9,10)5(11)8/h5,13-14H,2-4H2,1H3. The van der Waals surface area contributed by atoms with E-state index in [0.717, 1.165) is 4.90 Å². The van der Waals surface area contributed by atoms with Crippen molar-refractivity contribution >= 4 is 7.12 Å². The molecule has 1 rings (SSSR count). The first-order valence-corrected chi connectivity index (χ1v) is 4.19. The molecule has 1 aliphatic rings. The number of hydrogen-bond donors (Lipinski definition) is 2. The molecule has 2 N–H and O–H groups in total. The Morgan fingerprint density at radius 2 is 2.00 bits per heavy atom. The Hall–Kier alpha value is -0.305. The van der Waals surface area contributed by atoms with Gasteiger partial charge in [-0.15, -0.1) is 0 Å². The fraction of sp³-hybridized carbons (Fsp3) is 1.00. The van der Waals surface area contributed by atoms with Gasteiger partial charge in [-0.2, -0.15) is 8.78 Å². The molecule has 0 aromatic heterocycles. The lowest BCUT2D eigenvalue weighted by atomic mass is 9.90. The highest BCUT2D eigenvalue weighted by Gasteiger charge is 2.51. The Morgan fingerprint density at radius 3 is 2.50 bits per heavy atom. The van der Waals surface area contributed by atoms with Crippen LogP contribution in [0.3, 0.4) is 0 Å². The third-order valence-corrected chi connectivity index (χ3v) is 2.20. The van der Waals surface area contributed by atoms with Crippen molar-refractivity contribution in [3.05, 3.63) is 0 Å². The van der Waals surface area contributed by atoms with Gasteiger partial charge < -0.3 is 10.0 Å². The van der Waals surface area contributed by atoms with E-state index < -0.39 is 25.9 Å². The zero-order chi connectivity index (χ0) is 10.9. The number of hydrogen-bond acceptors (Lipinski definition) is 4. The molecule has 0 amide bonds. The molecule has 0 aromatic rings. The van der Waals surface area contributed by atoms with Gasteiger partial charge >= 0.3 is 13.2 Å². The lowest BCUT2D eigenvalue weighted by Gasteiger charge is -2.41. The average molecular weight is 212 g/mol. The molecule has 1 heterocycles. The number of nitrogens with zero attached hydrogens (tertiary/aromatic N) is 2. The molecule has 0 bridgehead atoms. The number of alkyl halides is 3. The number of likely N-dealkylation sites (N-methyl/N-ethyl adjacent to an activating group) is 1. The summed E-state index contributed by atoms with van der Waals surface area (Å²) in [5.74, 6) is 0. The molecule has 1 atom stereocenters. The second-order valence-electron chi connectivity index (χ2n) is 3.33. The summed E-state index contributed by atoms with van der Waals surface area (Å²) in [5.41, 5.74) is 0. The van der Waals surface area contributed by atoms with Gasteiger partial charge in [-0.3, -0.25) is 4.90 Å². The molecule has 82 valence electrons. The highest BCUT2D eigenvalue weighted by molar-refractivity contribution is 6.41. The van der Waals surface area contributed by atoms with Crippen molar-refractivity contribution in [2.45, 2.75) is 12.3 Å². The van der Waals surface area contributed by atoms with Gasteiger partial charge in [0.1, 0.15) is 0 Å². The topological polar surface area (TPSA) is 46.9 Å². The Labute approximate surface area is 80.1 Å². The molecule has 1 fully saturated rings. The van der Waals surface area contributed by atoms with Crippen molar-refractivity contribution in [2.75, 3.05) is 26.6 Å². The Kier molecular flexibility index (Phi) is 3.41. The van der Waals surface area contributed by atoms with Gasteiger partial charge in [0.2, 0.25) is 6.30 Å². The molecule has 0 spiro atoms. The van der Waals surface area contributed by atoms with Gasteiger partial charge in [-0.05, 0) is 7.05 Å². The highest BCUT2D eigenvalue weighted by Crippen LogP contribution is 2.31. The summed E-state index contributed by atoms with van der Waals surface area (Å²) in [6.45, 7) is 0.0328. The predicted octanol–water partition coefficient (Wildman–Crippen LogP) is -0.866. The summed E-state index contributed by atoms with van der Waals surface area (Å²) in [5, 5.41) is 17.1. The zero-order valence-corrected chi connectivity index (χ0v) is 7.70. The molecular formula is C6H12BF3N2O2. The normalized spacial score (nSPS) is 29.1. The Balaban J connectivity index is 2.68. The second-order valence-corrected chi connectivity index (χ2v) is 3.33. The van der Waals surface area contributed by atoms with Gasteiger partial charge in [-0.25, -0.2) is 9.29 Å². The number of rotatable bonds is 2. The van der Waals surface area contributed by atoms with Crippen LogP contribution in [0.4, 0.5) is 13.2 Å². The molecule has 0 aromatic carbocycles. The molecule has 4 nitrogen and oxygen atoms in total. The summed E-state index contributed by atoms with van der Waals surface area (Å²) in [4.78, 5) is 1.32. The van der Waals surface area contributed by atoms with Crippen molar-refractivity contribution < 1.29 is 23.2 Å². The van der Waals surface area contributed by atoms with E-state index in [1.54, 1.807) is 0 Å². The van der Waals surface area contributed by atoms with E-state index in [-0.39, 0.29) is 13.1 Å². The number of piperazine rings is 1. The van der Waals surface area contributed by atoms with Crippen LogP contribution in [0.2, 0.25) is 0 Å². The highest BCUT2D eigenvalue weighted by atomic mass is 19.3. The van der Waals surface area contributed by atoms with Crippen LogP contribution in [0, 0.1) is 0 Å². The third kappa shape index (κ3) is 2.19. The zero-order valence-electron chi connectivity index (χ0n) is 7.70. The minimum absolute atomic E-state index is 0.0957. The molecule has 14 heavy (non-hydrogen) atoms. The summed E-state index contributed by atoms with van der Waals surface area (Å²) in [7, 11) is -0.623. The van der Waals surface area contributed by atoms with Crippen LogP contribution in [0.15, 0.2) is 0 Å². The smallest absolute Gasteiger partial charge is 0.426 e. The maximum atomic E-state index is 13.2. The van der Waals surface area contributed by atoms with Crippen molar-refractivity contribution in [2.24, 2.45) is 0 Å². The van der Waals surface area contributed by atoms with Crippen LogP contribution in [0.25, 0.3) is 0 Å². The largest absolute Gasteiger partial charge is 0.466 e. The Bertz CT molecular complexity index is 208. The fourth-order valence-corrected chi connectivity index (χ4v) is 1.37. The Morgan fingerprint density at radius 1 is 1.43 bits per heavy atom. The lowest BCUT2D eigenvalue weighted by Crippen LogP contribution is -2.63. The number of halogens is 3. The van der Waals surface area contributed by atoms with Crippen molar-refractivity contribution in [3.63, 3.8) is 0 Å². The van der Waals surface area contributed by atoms with Gasteiger partial charge in [0, 0.05) is 19.5 Å². The van der Waals surface area contributed by atoms with Gasteiger partial charge in [0.25, 0.3) is 0 Å². The van der Waals surface area contributed by atoms with Crippen LogP contribution in [-0.4, -0.2) is 65.9 Å². The first-order valence-electron chi connectivity index (χ1n) is 4.19. The van der Waals surface area contributed by atoms with E-state index in [4.69, 9.17) is 10.0 Å². The van der Waals surface area contributed by atoms with E-state index in [9.17, 15) is 13.2 Å². The molecule has 8 heteroatoms. The second kappa shape index (κ2) is 4.05. The van der Waals surface area contributed by atoms with Crippen LogP contribution < -0.4 is 0 Å². The SMILES string of the molecule is CN1CCN(CB(O)O)C(F)(F)C1F. The minimum atomic E-state index is -3.67. The molecular weight excluding hydrogens is 200 g/mol. The van der Waals surface area contributed by atoms with Crippen LogP contribution in [0.1, 0.15) is 0 Å². The molecule has 0 aliphatic carbocycles. The van der Waals surface area contributed by atoms with E-state index in [1.165, 1.54) is 7.05 Å². The summed E-state index contributed by atoms with van der Waals surface area (Å²) in [6.07, 6.45) is -3.06. The van der Waals surface area contributed by atoms with Crippen molar-refractivity contribution in [1.82, 2.24) is 9.80 Å². The van der Waals surface area contributed by atoms with Crippen LogP contribution >= 0.6 is 0 Å². The summed E-state index contributed by atoms with van der Waals surface area (Å²) >= 11 is 0. The monoisotopic (exact) mass is 212 g/mol. The average Bonchev–Trinajstić information content (AvgIpc) is 2.07. The fourth-order valence-electron chi connectivity index (χ4n) is 1.37. The maximum absolute atomic E-state index is 13.2. The molecule has 0 saturated carbocycles. The van der Waals surface area contributed by atoms with Crippen LogP contribution in [0.5, 0.6) is 0 Å². The van der Waals surface area contributed by atoms with E-state index in [2.05, 4.69) is 0 Å². The summed E-state index contributed by atoms with van der Waals surface area (Å²) < 4.78 is 39.3. The van der Waals surface area contributed by atoms with E-state index >= 15 is 0 Å². The molecule has 0 radical (unpaired) electrons. The lowest BCUT2D eigenvalue weighted by molar-refractivity contribution is -0.246.